The van der Waals surface area contributed by atoms with Gasteiger partial charge in [-0.1, -0.05) is 37.3 Å². The average Bonchev–Trinajstić information content (AvgIpc) is 2.33. The van der Waals surface area contributed by atoms with Crippen LogP contribution in [0.25, 0.3) is 0 Å². The largest absolute Gasteiger partial charge is 0.393 e. The Morgan fingerprint density at radius 2 is 2.06 bits per heavy atom. The Kier molecular flexibility index (Phi) is 3.97. The lowest BCUT2D eigenvalue weighted by Gasteiger charge is -2.35. The highest BCUT2D eigenvalue weighted by Crippen LogP contribution is 2.21. The van der Waals surface area contributed by atoms with Crippen LogP contribution in [0, 0.1) is 5.92 Å². The van der Waals surface area contributed by atoms with Crippen molar-refractivity contribution in [3.8, 4) is 0 Å². The first-order chi connectivity index (χ1) is 7.79. The molecule has 0 radical (unpaired) electrons. The average molecular weight is 219 g/mol. The monoisotopic (exact) mass is 219 g/mol. The fraction of sp³-hybridized carbons (Fsp3) is 0.571. The topological polar surface area (TPSA) is 23.5 Å². The number of hydrogen-bond acceptors (Lipinski definition) is 2. The van der Waals surface area contributed by atoms with E-state index in [2.05, 4.69) is 42.2 Å². The number of nitrogens with zero attached hydrogens (tertiary/aromatic N) is 1. The van der Waals surface area contributed by atoms with Crippen LogP contribution in [-0.4, -0.2) is 29.2 Å². The minimum Gasteiger partial charge on any atom is -0.393 e. The van der Waals surface area contributed by atoms with Crippen molar-refractivity contribution in [1.82, 2.24) is 4.90 Å². The van der Waals surface area contributed by atoms with Crippen molar-refractivity contribution in [1.29, 1.82) is 0 Å². The third kappa shape index (κ3) is 2.83. The molecule has 1 N–H and O–H groups in total. The minimum atomic E-state index is -0.0861. The third-order valence-corrected chi connectivity index (χ3v) is 3.55. The Bertz CT molecular complexity index is 312. The molecule has 1 aliphatic rings. The van der Waals surface area contributed by atoms with Crippen LogP contribution in [-0.2, 0) is 6.54 Å². The standard InChI is InChI=1S/C14H21NO/c1-2-13-11-15(9-8-14(13)16)10-12-6-4-3-5-7-12/h3-7,13-14,16H,2,8-11H2,1H3/t13-,14-/m0/s1. The second kappa shape index (κ2) is 5.46. The predicted octanol–water partition coefficient (Wildman–Crippen LogP) is 2.28. The van der Waals surface area contributed by atoms with Gasteiger partial charge in [0, 0.05) is 19.6 Å². The molecule has 0 amide bonds. The van der Waals surface area contributed by atoms with E-state index in [0.717, 1.165) is 32.5 Å². The van der Waals surface area contributed by atoms with Crippen LogP contribution in [0.15, 0.2) is 30.3 Å². The molecule has 88 valence electrons. The van der Waals surface area contributed by atoms with Crippen molar-refractivity contribution in [3.05, 3.63) is 35.9 Å². The van der Waals surface area contributed by atoms with Crippen LogP contribution in [0.3, 0.4) is 0 Å². The van der Waals surface area contributed by atoms with E-state index < -0.39 is 0 Å². The van der Waals surface area contributed by atoms with Crippen LogP contribution >= 0.6 is 0 Å². The van der Waals surface area contributed by atoms with Crippen LogP contribution < -0.4 is 0 Å². The SMILES string of the molecule is CC[C@H]1CN(Cc2ccccc2)CC[C@@H]1O. The molecule has 0 bridgehead atoms. The summed E-state index contributed by atoms with van der Waals surface area (Å²) in [5.74, 6) is 0.456. The number of piperidine rings is 1. The molecule has 1 fully saturated rings. The van der Waals surface area contributed by atoms with E-state index in [4.69, 9.17) is 0 Å². The Hall–Kier alpha value is -0.860. The first-order valence-electron chi connectivity index (χ1n) is 6.24. The Morgan fingerprint density at radius 1 is 1.31 bits per heavy atom. The summed E-state index contributed by atoms with van der Waals surface area (Å²) in [7, 11) is 0. The van der Waals surface area contributed by atoms with Crippen molar-refractivity contribution < 1.29 is 5.11 Å². The lowest BCUT2D eigenvalue weighted by Crippen LogP contribution is -2.42. The van der Waals surface area contributed by atoms with Gasteiger partial charge in [0.15, 0.2) is 0 Å². The van der Waals surface area contributed by atoms with E-state index in [-0.39, 0.29) is 6.10 Å². The fourth-order valence-corrected chi connectivity index (χ4v) is 2.48. The number of likely N-dealkylation sites (tertiary alicyclic amines) is 1. The maximum atomic E-state index is 9.83. The maximum Gasteiger partial charge on any atom is 0.0592 e. The molecule has 16 heavy (non-hydrogen) atoms. The minimum absolute atomic E-state index is 0.0861. The van der Waals surface area contributed by atoms with Gasteiger partial charge in [-0.25, -0.2) is 0 Å². The van der Waals surface area contributed by atoms with Gasteiger partial charge in [-0.15, -0.1) is 0 Å². The third-order valence-electron chi connectivity index (χ3n) is 3.55. The summed E-state index contributed by atoms with van der Waals surface area (Å²) >= 11 is 0. The van der Waals surface area contributed by atoms with Gasteiger partial charge in [-0.2, -0.15) is 0 Å². The Balaban J connectivity index is 1.92. The van der Waals surface area contributed by atoms with Crippen LogP contribution in [0.5, 0.6) is 0 Å². The maximum absolute atomic E-state index is 9.83. The Labute approximate surface area is 97.9 Å². The molecule has 2 heteroatoms. The molecule has 1 saturated heterocycles. The molecule has 0 aliphatic carbocycles. The van der Waals surface area contributed by atoms with Gasteiger partial charge in [0.25, 0.3) is 0 Å². The van der Waals surface area contributed by atoms with Gasteiger partial charge in [-0.3, -0.25) is 4.90 Å². The molecule has 1 aromatic carbocycles. The van der Waals surface area contributed by atoms with Crippen molar-refractivity contribution in [2.24, 2.45) is 5.92 Å². The lowest BCUT2D eigenvalue weighted by atomic mass is 9.92. The molecule has 1 aliphatic heterocycles. The van der Waals surface area contributed by atoms with E-state index in [1.807, 2.05) is 0 Å². The molecule has 1 heterocycles. The van der Waals surface area contributed by atoms with Gasteiger partial charge in [0.1, 0.15) is 0 Å². The second-order valence-corrected chi connectivity index (χ2v) is 4.75. The van der Waals surface area contributed by atoms with Gasteiger partial charge >= 0.3 is 0 Å². The molecule has 0 aromatic heterocycles. The summed E-state index contributed by atoms with van der Waals surface area (Å²) in [6, 6.07) is 10.6. The normalized spacial score (nSPS) is 26.9. The van der Waals surface area contributed by atoms with E-state index in [1.165, 1.54) is 5.56 Å². The first-order valence-corrected chi connectivity index (χ1v) is 6.24. The molecule has 2 rings (SSSR count). The van der Waals surface area contributed by atoms with Gasteiger partial charge in [-0.05, 0) is 24.3 Å². The van der Waals surface area contributed by atoms with Gasteiger partial charge < -0.3 is 5.11 Å². The zero-order chi connectivity index (χ0) is 11.4. The molecule has 2 nitrogen and oxygen atoms in total. The lowest BCUT2D eigenvalue weighted by molar-refractivity contribution is 0.0222. The van der Waals surface area contributed by atoms with E-state index in [9.17, 15) is 5.11 Å². The quantitative estimate of drug-likeness (QED) is 0.843. The highest BCUT2D eigenvalue weighted by atomic mass is 16.3. The summed E-state index contributed by atoms with van der Waals surface area (Å²) in [6.07, 6.45) is 1.91. The zero-order valence-corrected chi connectivity index (χ0v) is 9.97. The molecule has 0 unspecified atom stereocenters. The molecule has 0 spiro atoms. The molecular weight excluding hydrogens is 198 g/mol. The first kappa shape index (κ1) is 11.6. The molecule has 2 atom stereocenters. The van der Waals surface area contributed by atoms with Crippen LogP contribution in [0.1, 0.15) is 25.3 Å². The van der Waals surface area contributed by atoms with Crippen molar-refractivity contribution in [2.75, 3.05) is 13.1 Å². The van der Waals surface area contributed by atoms with E-state index in [0.29, 0.717) is 5.92 Å². The highest BCUT2D eigenvalue weighted by Gasteiger charge is 2.25. The molecular formula is C14H21NO. The van der Waals surface area contributed by atoms with Crippen molar-refractivity contribution in [2.45, 2.75) is 32.4 Å². The molecule has 1 aromatic rings. The summed E-state index contributed by atoms with van der Waals surface area (Å²) in [6.45, 7) is 5.24. The summed E-state index contributed by atoms with van der Waals surface area (Å²) in [5, 5.41) is 9.83. The Morgan fingerprint density at radius 3 is 2.75 bits per heavy atom. The zero-order valence-electron chi connectivity index (χ0n) is 9.97. The fourth-order valence-electron chi connectivity index (χ4n) is 2.48. The van der Waals surface area contributed by atoms with Crippen molar-refractivity contribution >= 4 is 0 Å². The van der Waals surface area contributed by atoms with Gasteiger partial charge in [0.05, 0.1) is 6.10 Å². The number of hydrogen-bond donors (Lipinski definition) is 1. The smallest absolute Gasteiger partial charge is 0.0592 e. The van der Waals surface area contributed by atoms with Crippen LogP contribution in [0.2, 0.25) is 0 Å². The second-order valence-electron chi connectivity index (χ2n) is 4.75. The number of benzene rings is 1. The van der Waals surface area contributed by atoms with E-state index >= 15 is 0 Å². The van der Waals surface area contributed by atoms with Crippen molar-refractivity contribution in [3.63, 3.8) is 0 Å². The number of aliphatic hydroxyl groups is 1. The number of rotatable bonds is 3. The molecule has 0 saturated carbocycles. The van der Waals surface area contributed by atoms with Crippen LogP contribution in [0.4, 0.5) is 0 Å². The predicted molar refractivity (Wildman–Crippen MR) is 66.1 cm³/mol. The summed E-state index contributed by atoms with van der Waals surface area (Å²) in [4.78, 5) is 2.45. The summed E-state index contributed by atoms with van der Waals surface area (Å²) < 4.78 is 0. The number of aliphatic hydroxyl groups excluding tert-OH is 1. The van der Waals surface area contributed by atoms with Gasteiger partial charge in [0.2, 0.25) is 0 Å². The summed E-state index contributed by atoms with van der Waals surface area (Å²) in [5.41, 5.74) is 1.37. The highest BCUT2D eigenvalue weighted by molar-refractivity contribution is 5.14. The van der Waals surface area contributed by atoms with E-state index in [1.54, 1.807) is 0 Å².